The van der Waals surface area contributed by atoms with Crippen molar-refractivity contribution in [2.75, 3.05) is 7.11 Å². The van der Waals surface area contributed by atoms with E-state index in [-0.39, 0.29) is 5.82 Å². The fourth-order valence-electron chi connectivity index (χ4n) is 4.05. The summed E-state index contributed by atoms with van der Waals surface area (Å²) in [5.41, 5.74) is 8.79. The Kier molecular flexibility index (Phi) is 3.84. The lowest BCUT2D eigenvalue weighted by atomic mass is 9.69. The number of hydrogen-bond acceptors (Lipinski definition) is 4. The van der Waals surface area contributed by atoms with Crippen LogP contribution in [0, 0.1) is 5.82 Å². The lowest BCUT2D eigenvalue weighted by Gasteiger charge is -2.37. The highest BCUT2D eigenvalue weighted by atomic mass is 35.5. The summed E-state index contributed by atoms with van der Waals surface area (Å²) in [5.74, 6) is -0.463. The molecule has 0 radical (unpaired) electrons. The first kappa shape index (κ1) is 16.8. The van der Waals surface area contributed by atoms with Crippen LogP contribution in [0.1, 0.15) is 29.5 Å². The van der Waals surface area contributed by atoms with Gasteiger partial charge < -0.3 is 10.5 Å². The number of ether oxygens (including phenoxy) is 1. The molecule has 1 aliphatic heterocycles. The van der Waals surface area contributed by atoms with Crippen LogP contribution in [0.2, 0.25) is 5.02 Å². The Morgan fingerprint density at radius 3 is 2.69 bits per heavy atom. The van der Waals surface area contributed by atoms with Gasteiger partial charge in [0.25, 0.3) is 0 Å². The monoisotopic (exact) mass is 370 g/mol. The van der Waals surface area contributed by atoms with E-state index in [9.17, 15) is 9.18 Å². The number of nitrogens with zero attached hydrogens (tertiary/aromatic N) is 1. The Balaban J connectivity index is 2.10. The summed E-state index contributed by atoms with van der Waals surface area (Å²) in [6, 6.07) is 11.7. The van der Waals surface area contributed by atoms with Crippen molar-refractivity contribution in [1.82, 2.24) is 0 Å². The van der Waals surface area contributed by atoms with Crippen molar-refractivity contribution in [1.29, 1.82) is 0 Å². The first-order valence-electron chi connectivity index (χ1n) is 8.20. The second-order valence-corrected chi connectivity index (χ2v) is 6.80. The van der Waals surface area contributed by atoms with Crippen molar-refractivity contribution >= 4 is 23.4 Å². The number of methoxy groups -OCH3 is 1. The average Bonchev–Trinajstić information content (AvgIpc) is 3.02. The van der Waals surface area contributed by atoms with Gasteiger partial charge in [0.05, 0.1) is 23.8 Å². The second kappa shape index (κ2) is 5.95. The molecule has 1 aliphatic carbocycles. The molecule has 132 valence electrons. The largest absolute Gasteiger partial charge is 0.466 e. The molecule has 2 aromatic carbocycles. The predicted octanol–water partition coefficient (Wildman–Crippen LogP) is 3.71. The number of benzene rings is 2. The van der Waals surface area contributed by atoms with Gasteiger partial charge in [0.1, 0.15) is 11.7 Å². The maximum absolute atomic E-state index is 13.5. The fraction of sp³-hybridized carbons (Fsp3) is 0.200. The fourth-order valence-corrected chi connectivity index (χ4v) is 4.38. The SMILES string of the molecule is COC(=O)C1=C2N=C(N)c3cccc(Cl)c3C2(c2ccc(F)cc2)CC1. The summed E-state index contributed by atoms with van der Waals surface area (Å²) < 4.78 is 18.5. The molecule has 6 heteroatoms. The van der Waals surface area contributed by atoms with Gasteiger partial charge in [0, 0.05) is 10.6 Å². The lowest BCUT2D eigenvalue weighted by Crippen LogP contribution is -2.36. The van der Waals surface area contributed by atoms with Crippen LogP contribution in [-0.4, -0.2) is 18.9 Å². The molecular weight excluding hydrogens is 355 g/mol. The molecule has 0 fully saturated rings. The zero-order valence-corrected chi connectivity index (χ0v) is 14.8. The lowest BCUT2D eigenvalue weighted by molar-refractivity contribution is -0.136. The van der Waals surface area contributed by atoms with Crippen LogP contribution in [0.25, 0.3) is 0 Å². The van der Waals surface area contributed by atoms with Crippen molar-refractivity contribution < 1.29 is 13.9 Å². The molecule has 2 aliphatic rings. The first-order chi connectivity index (χ1) is 12.5. The topological polar surface area (TPSA) is 64.7 Å². The summed E-state index contributed by atoms with van der Waals surface area (Å²) >= 11 is 6.58. The van der Waals surface area contributed by atoms with Crippen LogP contribution < -0.4 is 5.73 Å². The van der Waals surface area contributed by atoms with E-state index in [2.05, 4.69) is 4.99 Å². The standard InChI is InChI=1S/C20H16ClFN2O2/c1-26-19(25)14-9-10-20(11-5-7-12(22)8-6-11)16-13(3-2-4-15(16)21)18(23)24-17(14)20/h2-8H,9-10H2,1H3,(H2,23,24). The number of esters is 1. The molecule has 0 saturated carbocycles. The molecule has 1 heterocycles. The van der Waals surface area contributed by atoms with Gasteiger partial charge in [0.2, 0.25) is 0 Å². The maximum Gasteiger partial charge on any atom is 0.335 e. The van der Waals surface area contributed by atoms with Gasteiger partial charge in [0.15, 0.2) is 0 Å². The number of nitrogens with two attached hydrogens (primary N) is 1. The number of amidine groups is 1. The third-order valence-corrected chi connectivity index (χ3v) is 5.47. The van der Waals surface area contributed by atoms with E-state index in [0.29, 0.717) is 35.0 Å². The molecule has 0 amide bonds. The molecule has 2 N–H and O–H groups in total. The summed E-state index contributed by atoms with van der Waals surface area (Å²) in [5, 5.41) is 0.535. The minimum absolute atomic E-state index is 0.304. The van der Waals surface area contributed by atoms with Gasteiger partial charge in [-0.1, -0.05) is 35.9 Å². The van der Waals surface area contributed by atoms with E-state index in [0.717, 1.165) is 16.7 Å². The number of rotatable bonds is 2. The number of halogens is 2. The molecular formula is C20H16ClFN2O2. The first-order valence-corrected chi connectivity index (χ1v) is 8.58. The zero-order chi connectivity index (χ0) is 18.5. The molecule has 2 aromatic rings. The minimum Gasteiger partial charge on any atom is -0.466 e. The third kappa shape index (κ3) is 2.20. The van der Waals surface area contributed by atoms with Crippen molar-refractivity contribution in [2.45, 2.75) is 18.3 Å². The van der Waals surface area contributed by atoms with Crippen molar-refractivity contribution in [3.63, 3.8) is 0 Å². The quantitative estimate of drug-likeness (QED) is 0.820. The van der Waals surface area contributed by atoms with Gasteiger partial charge in [-0.15, -0.1) is 0 Å². The number of carbonyl (C=O) groups is 1. The minimum atomic E-state index is -0.756. The highest BCUT2D eigenvalue weighted by Gasteiger charge is 2.50. The molecule has 0 aromatic heterocycles. The van der Waals surface area contributed by atoms with E-state index in [1.54, 1.807) is 18.2 Å². The number of allylic oxidation sites excluding steroid dienone is 1. The van der Waals surface area contributed by atoms with Crippen molar-refractivity contribution in [3.8, 4) is 0 Å². The van der Waals surface area contributed by atoms with Gasteiger partial charge in [-0.3, -0.25) is 0 Å². The van der Waals surface area contributed by atoms with Crippen LogP contribution in [0.4, 0.5) is 4.39 Å². The molecule has 0 spiro atoms. The molecule has 1 unspecified atom stereocenters. The summed E-state index contributed by atoms with van der Waals surface area (Å²) in [7, 11) is 1.34. The van der Waals surface area contributed by atoms with Gasteiger partial charge in [-0.25, -0.2) is 14.2 Å². The van der Waals surface area contributed by atoms with Crippen LogP contribution >= 0.6 is 11.6 Å². The average molecular weight is 371 g/mol. The Morgan fingerprint density at radius 2 is 2.00 bits per heavy atom. The van der Waals surface area contributed by atoms with Gasteiger partial charge >= 0.3 is 5.97 Å². The Hall–Kier alpha value is -2.66. The smallest absolute Gasteiger partial charge is 0.335 e. The molecule has 1 atom stereocenters. The van der Waals surface area contributed by atoms with Crippen LogP contribution in [0.3, 0.4) is 0 Å². The zero-order valence-electron chi connectivity index (χ0n) is 14.1. The normalized spacial score (nSPS) is 21.1. The van der Waals surface area contributed by atoms with Gasteiger partial charge in [-0.05, 0) is 42.2 Å². The maximum atomic E-state index is 13.5. The van der Waals surface area contributed by atoms with Gasteiger partial charge in [-0.2, -0.15) is 0 Å². The van der Waals surface area contributed by atoms with Crippen LogP contribution in [0.5, 0.6) is 0 Å². The highest BCUT2D eigenvalue weighted by molar-refractivity contribution is 6.32. The Labute approximate surface area is 155 Å². The number of carbonyl (C=O) groups excluding carboxylic acids is 1. The van der Waals surface area contributed by atoms with Crippen molar-refractivity contribution in [3.05, 3.63) is 81.3 Å². The van der Waals surface area contributed by atoms with Crippen LogP contribution in [-0.2, 0) is 14.9 Å². The van der Waals surface area contributed by atoms with Crippen molar-refractivity contribution in [2.24, 2.45) is 10.7 Å². The highest BCUT2D eigenvalue weighted by Crippen LogP contribution is 2.55. The molecule has 0 bridgehead atoms. The van der Waals surface area contributed by atoms with E-state index in [1.165, 1.54) is 19.2 Å². The molecule has 0 saturated heterocycles. The third-order valence-electron chi connectivity index (χ3n) is 5.16. The number of aliphatic imine (C=N–C) groups is 1. The van der Waals surface area contributed by atoms with E-state index in [1.807, 2.05) is 12.1 Å². The number of fused-ring (bicyclic) bond motifs is 3. The summed E-state index contributed by atoms with van der Waals surface area (Å²) in [4.78, 5) is 16.9. The van der Waals surface area contributed by atoms with E-state index < -0.39 is 11.4 Å². The number of hydrogen-bond donors (Lipinski definition) is 1. The predicted molar refractivity (Wildman–Crippen MR) is 97.6 cm³/mol. The Bertz CT molecular complexity index is 982. The van der Waals surface area contributed by atoms with E-state index in [4.69, 9.17) is 22.1 Å². The Morgan fingerprint density at radius 1 is 1.27 bits per heavy atom. The summed E-state index contributed by atoms with van der Waals surface area (Å²) in [6.07, 6.45) is 1.05. The molecule has 4 rings (SSSR count). The van der Waals surface area contributed by atoms with Crippen LogP contribution in [0.15, 0.2) is 58.7 Å². The molecule has 4 nitrogen and oxygen atoms in total. The molecule has 26 heavy (non-hydrogen) atoms. The second-order valence-electron chi connectivity index (χ2n) is 6.39. The van der Waals surface area contributed by atoms with E-state index >= 15 is 0 Å². The summed E-state index contributed by atoms with van der Waals surface area (Å²) in [6.45, 7) is 0.